The van der Waals surface area contributed by atoms with Crippen LogP contribution in [0.5, 0.6) is 0 Å². The standard InChI is InChI=1S/C16H9FN4O2/c17-14-5-10(6-18)1-3-12(14)13-8-20-21(16(13)23)15-4-2-11(9-22)7-19-15/h1-5,7-9,20H. The average Bonchev–Trinajstić information content (AvgIpc) is 2.96. The molecule has 0 radical (unpaired) electrons. The van der Waals surface area contributed by atoms with Gasteiger partial charge >= 0.3 is 0 Å². The number of nitrogens with one attached hydrogen (secondary N) is 1. The molecule has 0 aliphatic heterocycles. The van der Waals surface area contributed by atoms with Crippen LogP contribution in [0.1, 0.15) is 15.9 Å². The summed E-state index contributed by atoms with van der Waals surface area (Å²) in [5.41, 5.74) is 0.279. The summed E-state index contributed by atoms with van der Waals surface area (Å²) in [6.45, 7) is 0. The maximum absolute atomic E-state index is 14.0. The van der Waals surface area contributed by atoms with E-state index in [0.29, 0.717) is 11.8 Å². The number of carbonyl (C=O) groups is 1. The second-order valence-electron chi connectivity index (χ2n) is 4.70. The van der Waals surface area contributed by atoms with Crippen molar-refractivity contribution in [3.8, 4) is 23.0 Å². The monoisotopic (exact) mass is 308 g/mol. The van der Waals surface area contributed by atoms with Crippen molar-refractivity contribution in [1.82, 2.24) is 14.8 Å². The fourth-order valence-corrected chi connectivity index (χ4v) is 2.14. The van der Waals surface area contributed by atoms with E-state index in [-0.39, 0.29) is 22.5 Å². The molecule has 1 N–H and O–H groups in total. The van der Waals surface area contributed by atoms with Gasteiger partial charge in [-0.3, -0.25) is 14.7 Å². The zero-order valence-electron chi connectivity index (χ0n) is 11.7. The molecule has 0 bridgehead atoms. The Bertz CT molecular complexity index is 981. The molecule has 0 amide bonds. The molecule has 2 aromatic heterocycles. The average molecular weight is 308 g/mol. The van der Waals surface area contributed by atoms with Crippen LogP contribution in [0.4, 0.5) is 4.39 Å². The van der Waals surface area contributed by atoms with Crippen molar-refractivity contribution in [3.63, 3.8) is 0 Å². The van der Waals surface area contributed by atoms with Gasteiger partial charge in [0.25, 0.3) is 5.56 Å². The highest BCUT2D eigenvalue weighted by Crippen LogP contribution is 2.20. The predicted molar refractivity (Wildman–Crippen MR) is 79.7 cm³/mol. The molecule has 3 aromatic rings. The Morgan fingerprint density at radius 1 is 1.26 bits per heavy atom. The molecule has 23 heavy (non-hydrogen) atoms. The van der Waals surface area contributed by atoms with Gasteiger partial charge in [0.1, 0.15) is 5.82 Å². The van der Waals surface area contributed by atoms with Gasteiger partial charge in [0, 0.05) is 23.5 Å². The van der Waals surface area contributed by atoms with Crippen LogP contribution in [0.15, 0.2) is 47.5 Å². The van der Waals surface area contributed by atoms with E-state index in [1.165, 1.54) is 36.7 Å². The molecule has 0 saturated heterocycles. The minimum absolute atomic E-state index is 0.0912. The number of pyridine rings is 1. The maximum atomic E-state index is 14.0. The minimum Gasteiger partial charge on any atom is -0.298 e. The SMILES string of the molecule is N#Cc1ccc(-c2c[nH]n(-c3ccc(C=O)cn3)c2=O)c(F)c1. The number of aromatic amines is 1. The Labute approximate surface area is 129 Å². The summed E-state index contributed by atoms with van der Waals surface area (Å²) in [5.74, 6) is -0.377. The molecule has 7 heteroatoms. The third kappa shape index (κ3) is 2.53. The Kier molecular flexibility index (Phi) is 3.57. The van der Waals surface area contributed by atoms with E-state index in [9.17, 15) is 14.0 Å². The molecule has 1 aromatic carbocycles. The number of benzene rings is 1. The number of hydrogen-bond donors (Lipinski definition) is 1. The molecule has 0 spiro atoms. The van der Waals surface area contributed by atoms with Crippen molar-refractivity contribution < 1.29 is 9.18 Å². The second-order valence-corrected chi connectivity index (χ2v) is 4.70. The van der Waals surface area contributed by atoms with Crippen LogP contribution in [0.2, 0.25) is 0 Å². The number of nitriles is 1. The molecule has 112 valence electrons. The van der Waals surface area contributed by atoms with Gasteiger partial charge in [0.15, 0.2) is 12.1 Å². The van der Waals surface area contributed by atoms with Crippen molar-refractivity contribution in [3.05, 3.63) is 70.0 Å². The van der Waals surface area contributed by atoms with E-state index < -0.39 is 11.4 Å². The van der Waals surface area contributed by atoms with Crippen LogP contribution in [0, 0.1) is 17.1 Å². The van der Waals surface area contributed by atoms with Crippen molar-refractivity contribution in [2.75, 3.05) is 0 Å². The van der Waals surface area contributed by atoms with Gasteiger partial charge in [0.2, 0.25) is 0 Å². The summed E-state index contributed by atoms with van der Waals surface area (Å²) in [6, 6.07) is 8.74. The van der Waals surface area contributed by atoms with Crippen molar-refractivity contribution in [1.29, 1.82) is 5.26 Å². The van der Waals surface area contributed by atoms with Crippen LogP contribution in [-0.4, -0.2) is 21.1 Å². The first-order valence-electron chi connectivity index (χ1n) is 6.56. The Hall–Kier alpha value is -3.53. The lowest BCUT2D eigenvalue weighted by Gasteiger charge is -2.01. The number of hydrogen-bond acceptors (Lipinski definition) is 4. The lowest BCUT2D eigenvalue weighted by molar-refractivity contribution is 0.112. The van der Waals surface area contributed by atoms with Crippen LogP contribution in [-0.2, 0) is 0 Å². The lowest BCUT2D eigenvalue weighted by Crippen LogP contribution is -2.17. The van der Waals surface area contributed by atoms with E-state index >= 15 is 0 Å². The number of nitrogens with zero attached hydrogens (tertiary/aromatic N) is 3. The Balaban J connectivity index is 2.07. The van der Waals surface area contributed by atoms with Gasteiger partial charge in [-0.2, -0.15) is 5.26 Å². The summed E-state index contributed by atoms with van der Waals surface area (Å²) in [6.07, 6.45) is 3.34. The third-order valence-corrected chi connectivity index (χ3v) is 3.30. The normalized spacial score (nSPS) is 10.3. The zero-order valence-corrected chi connectivity index (χ0v) is 11.7. The summed E-state index contributed by atoms with van der Waals surface area (Å²) in [7, 11) is 0. The second kappa shape index (κ2) is 5.69. The van der Waals surface area contributed by atoms with Gasteiger partial charge in [-0.15, -0.1) is 0 Å². The summed E-state index contributed by atoms with van der Waals surface area (Å²) < 4.78 is 15.2. The van der Waals surface area contributed by atoms with E-state index in [0.717, 1.165) is 10.7 Å². The molecular formula is C16H9FN4O2. The number of aldehydes is 1. The van der Waals surface area contributed by atoms with Crippen LogP contribution in [0.3, 0.4) is 0 Å². The maximum Gasteiger partial charge on any atom is 0.280 e. The molecule has 2 heterocycles. The van der Waals surface area contributed by atoms with Crippen molar-refractivity contribution in [2.45, 2.75) is 0 Å². The van der Waals surface area contributed by atoms with Crippen LogP contribution >= 0.6 is 0 Å². The fraction of sp³-hybridized carbons (Fsp3) is 0. The smallest absolute Gasteiger partial charge is 0.280 e. The first-order valence-corrected chi connectivity index (χ1v) is 6.56. The molecule has 3 rings (SSSR count). The molecule has 0 unspecified atom stereocenters. The molecule has 0 fully saturated rings. The van der Waals surface area contributed by atoms with E-state index in [2.05, 4.69) is 10.1 Å². The quantitative estimate of drug-likeness (QED) is 0.750. The minimum atomic E-state index is -0.656. The first kappa shape index (κ1) is 14.4. The third-order valence-electron chi connectivity index (χ3n) is 3.30. The zero-order chi connectivity index (χ0) is 16.4. The number of aromatic nitrogens is 3. The number of halogens is 1. The summed E-state index contributed by atoms with van der Waals surface area (Å²) in [4.78, 5) is 27.0. The highest BCUT2D eigenvalue weighted by molar-refractivity contribution is 5.74. The van der Waals surface area contributed by atoms with Crippen LogP contribution < -0.4 is 5.56 Å². The largest absolute Gasteiger partial charge is 0.298 e. The Morgan fingerprint density at radius 2 is 2.09 bits per heavy atom. The fourth-order valence-electron chi connectivity index (χ4n) is 2.14. The number of carbonyl (C=O) groups excluding carboxylic acids is 1. The van der Waals surface area contributed by atoms with Crippen LogP contribution in [0.25, 0.3) is 16.9 Å². The van der Waals surface area contributed by atoms with Crippen molar-refractivity contribution in [2.24, 2.45) is 0 Å². The molecule has 6 nitrogen and oxygen atoms in total. The van der Waals surface area contributed by atoms with Gasteiger partial charge in [-0.1, -0.05) is 0 Å². The highest BCUT2D eigenvalue weighted by atomic mass is 19.1. The summed E-state index contributed by atoms with van der Waals surface area (Å²) in [5, 5.41) is 11.5. The summed E-state index contributed by atoms with van der Waals surface area (Å²) >= 11 is 0. The number of rotatable bonds is 3. The topological polar surface area (TPSA) is 91.5 Å². The Morgan fingerprint density at radius 3 is 2.70 bits per heavy atom. The number of H-pyrrole nitrogens is 1. The van der Waals surface area contributed by atoms with E-state index in [4.69, 9.17) is 5.26 Å². The van der Waals surface area contributed by atoms with E-state index in [1.807, 2.05) is 6.07 Å². The van der Waals surface area contributed by atoms with E-state index in [1.54, 1.807) is 0 Å². The van der Waals surface area contributed by atoms with Crippen molar-refractivity contribution >= 4 is 6.29 Å². The van der Waals surface area contributed by atoms with Gasteiger partial charge < -0.3 is 0 Å². The molecule has 0 aliphatic carbocycles. The van der Waals surface area contributed by atoms with Gasteiger partial charge in [-0.05, 0) is 30.3 Å². The lowest BCUT2D eigenvalue weighted by atomic mass is 10.1. The molecule has 0 saturated carbocycles. The predicted octanol–water partition coefficient (Wildman–Crippen LogP) is 2.05. The molecule has 0 aliphatic rings. The first-order chi connectivity index (χ1) is 11.1. The highest BCUT2D eigenvalue weighted by Gasteiger charge is 2.14. The van der Waals surface area contributed by atoms with Gasteiger partial charge in [0.05, 0.1) is 17.2 Å². The molecular weight excluding hydrogens is 299 g/mol. The molecule has 0 atom stereocenters. The van der Waals surface area contributed by atoms with Gasteiger partial charge in [-0.25, -0.2) is 14.1 Å².